The van der Waals surface area contributed by atoms with Crippen molar-refractivity contribution < 1.29 is 4.79 Å². The number of carbonyl (C=O) groups excluding carboxylic acids is 1. The van der Waals surface area contributed by atoms with E-state index in [2.05, 4.69) is 12.2 Å². The largest absolute Gasteiger partial charge is 0.359 e. The summed E-state index contributed by atoms with van der Waals surface area (Å²) < 4.78 is 0. The summed E-state index contributed by atoms with van der Waals surface area (Å²) in [5.74, 6) is 3.19. The highest BCUT2D eigenvalue weighted by molar-refractivity contribution is 5.78. The predicted molar refractivity (Wildman–Crippen MR) is 70.6 cm³/mol. The molecule has 2 nitrogen and oxygen atoms in total. The van der Waals surface area contributed by atoms with Crippen molar-refractivity contribution in [2.45, 2.75) is 58.3 Å². The molecule has 2 saturated carbocycles. The van der Waals surface area contributed by atoms with Gasteiger partial charge in [0.25, 0.3) is 0 Å². The lowest BCUT2D eigenvalue weighted by Crippen LogP contribution is -2.28. The fourth-order valence-electron chi connectivity index (χ4n) is 3.39. The Kier molecular flexibility index (Phi) is 4.47. The molecular formula is C15H27NO. The Morgan fingerprint density at radius 3 is 2.53 bits per heavy atom. The summed E-state index contributed by atoms with van der Waals surface area (Å²) in [6, 6.07) is 0. The average molecular weight is 237 g/mol. The summed E-state index contributed by atoms with van der Waals surface area (Å²) >= 11 is 0. The van der Waals surface area contributed by atoms with Crippen LogP contribution in [0.25, 0.3) is 0 Å². The Morgan fingerprint density at radius 2 is 2.00 bits per heavy atom. The van der Waals surface area contributed by atoms with Crippen molar-refractivity contribution in [3.63, 3.8) is 0 Å². The van der Waals surface area contributed by atoms with E-state index in [-0.39, 0.29) is 11.8 Å². The molecule has 2 aliphatic carbocycles. The maximum atomic E-state index is 11.9. The van der Waals surface area contributed by atoms with Crippen molar-refractivity contribution in [1.29, 1.82) is 0 Å². The van der Waals surface area contributed by atoms with Crippen molar-refractivity contribution in [2.24, 2.45) is 23.7 Å². The highest BCUT2D eigenvalue weighted by Gasteiger charge is 2.36. The third-order valence-electron chi connectivity index (χ3n) is 4.88. The van der Waals surface area contributed by atoms with Crippen molar-refractivity contribution >= 4 is 5.91 Å². The van der Waals surface area contributed by atoms with Gasteiger partial charge in [0.1, 0.15) is 0 Å². The molecule has 3 unspecified atom stereocenters. The molecular weight excluding hydrogens is 210 g/mol. The average Bonchev–Trinajstić information content (AvgIpc) is 2.83. The molecule has 2 fully saturated rings. The van der Waals surface area contributed by atoms with Crippen LogP contribution in [0.1, 0.15) is 58.3 Å². The van der Waals surface area contributed by atoms with Gasteiger partial charge < -0.3 is 5.32 Å². The third-order valence-corrected chi connectivity index (χ3v) is 4.88. The summed E-state index contributed by atoms with van der Waals surface area (Å²) in [6.45, 7) is 2.31. The van der Waals surface area contributed by atoms with Gasteiger partial charge in [-0.05, 0) is 43.4 Å². The first-order valence-corrected chi connectivity index (χ1v) is 7.42. The van der Waals surface area contributed by atoms with Crippen LogP contribution in [0.2, 0.25) is 0 Å². The Morgan fingerprint density at radius 1 is 1.35 bits per heavy atom. The van der Waals surface area contributed by atoms with E-state index < -0.39 is 0 Å². The Hall–Kier alpha value is -0.530. The predicted octanol–water partition coefficient (Wildman–Crippen LogP) is 3.37. The summed E-state index contributed by atoms with van der Waals surface area (Å²) in [5.41, 5.74) is 0. The minimum atomic E-state index is 0.280. The fourth-order valence-corrected chi connectivity index (χ4v) is 3.39. The molecule has 0 aromatic carbocycles. The Bertz CT molecular complexity index is 258. The van der Waals surface area contributed by atoms with Crippen LogP contribution in [0, 0.1) is 23.7 Å². The summed E-state index contributed by atoms with van der Waals surface area (Å²) in [5, 5.41) is 2.85. The van der Waals surface area contributed by atoms with Crippen molar-refractivity contribution in [3.05, 3.63) is 0 Å². The summed E-state index contributed by atoms with van der Waals surface area (Å²) in [7, 11) is 1.78. The molecule has 0 bridgehead atoms. The molecule has 3 atom stereocenters. The maximum absolute atomic E-state index is 11.9. The quantitative estimate of drug-likeness (QED) is 0.754. The van der Waals surface area contributed by atoms with E-state index >= 15 is 0 Å². The second-order valence-electron chi connectivity index (χ2n) is 6.25. The second-order valence-corrected chi connectivity index (χ2v) is 6.25. The zero-order valence-corrected chi connectivity index (χ0v) is 11.4. The van der Waals surface area contributed by atoms with Crippen LogP contribution in [0.3, 0.4) is 0 Å². The topological polar surface area (TPSA) is 29.1 Å². The number of carbonyl (C=O) groups is 1. The Balaban J connectivity index is 1.75. The summed E-state index contributed by atoms with van der Waals surface area (Å²) in [4.78, 5) is 11.9. The van der Waals surface area contributed by atoms with Gasteiger partial charge in [0.2, 0.25) is 5.91 Å². The van der Waals surface area contributed by atoms with Gasteiger partial charge in [0, 0.05) is 13.0 Å². The van der Waals surface area contributed by atoms with Crippen LogP contribution in [-0.4, -0.2) is 13.0 Å². The lowest BCUT2D eigenvalue weighted by Gasteiger charge is -2.17. The van der Waals surface area contributed by atoms with Gasteiger partial charge >= 0.3 is 0 Å². The molecule has 0 aliphatic heterocycles. The fraction of sp³-hybridized carbons (Fsp3) is 0.933. The van der Waals surface area contributed by atoms with Gasteiger partial charge in [-0.25, -0.2) is 0 Å². The van der Waals surface area contributed by atoms with E-state index in [0.29, 0.717) is 0 Å². The first-order chi connectivity index (χ1) is 8.20. The molecule has 0 radical (unpaired) electrons. The first kappa shape index (κ1) is 12.9. The van der Waals surface area contributed by atoms with Crippen LogP contribution in [-0.2, 0) is 4.79 Å². The second kappa shape index (κ2) is 5.88. The number of hydrogen-bond donors (Lipinski definition) is 1. The number of hydrogen-bond acceptors (Lipinski definition) is 1. The third kappa shape index (κ3) is 3.72. The lowest BCUT2D eigenvalue weighted by molar-refractivity contribution is -0.125. The standard InChI is InChI=1S/C15H27NO/c1-11-9-14(11)10-13(15(17)16-2)8-7-12-5-3-4-6-12/h11-14H,3-10H2,1-2H3,(H,16,17). The lowest BCUT2D eigenvalue weighted by atomic mass is 9.90. The summed E-state index contributed by atoms with van der Waals surface area (Å²) in [6.07, 6.45) is 10.5. The van der Waals surface area contributed by atoms with Crippen LogP contribution in [0.15, 0.2) is 0 Å². The van der Waals surface area contributed by atoms with Crippen LogP contribution < -0.4 is 5.32 Å². The Labute approximate surface area is 106 Å². The van der Waals surface area contributed by atoms with Gasteiger partial charge in [-0.3, -0.25) is 4.79 Å². The minimum Gasteiger partial charge on any atom is -0.359 e. The van der Waals surface area contributed by atoms with Gasteiger partial charge in [-0.15, -0.1) is 0 Å². The molecule has 17 heavy (non-hydrogen) atoms. The van der Waals surface area contributed by atoms with Gasteiger partial charge in [-0.1, -0.05) is 32.6 Å². The minimum absolute atomic E-state index is 0.280. The molecule has 0 aromatic heterocycles. The van der Waals surface area contributed by atoms with Crippen LogP contribution in [0.4, 0.5) is 0 Å². The zero-order chi connectivity index (χ0) is 12.3. The molecule has 0 heterocycles. The molecule has 2 aliphatic rings. The van der Waals surface area contributed by atoms with Crippen molar-refractivity contribution in [1.82, 2.24) is 5.32 Å². The maximum Gasteiger partial charge on any atom is 0.222 e. The van der Waals surface area contributed by atoms with E-state index in [1.54, 1.807) is 7.05 Å². The van der Waals surface area contributed by atoms with E-state index in [0.717, 1.165) is 30.6 Å². The van der Waals surface area contributed by atoms with Gasteiger partial charge in [0.05, 0.1) is 0 Å². The molecule has 2 heteroatoms. The van der Waals surface area contributed by atoms with E-state index in [9.17, 15) is 4.79 Å². The van der Waals surface area contributed by atoms with Crippen LogP contribution >= 0.6 is 0 Å². The molecule has 1 N–H and O–H groups in total. The molecule has 0 saturated heterocycles. The molecule has 0 spiro atoms. The van der Waals surface area contributed by atoms with Crippen molar-refractivity contribution in [3.8, 4) is 0 Å². The smallest absolute Gasteiger partial charge is 0.222 e. The monoisotopic (exact) mass is 237 g/mol. The van der Waals surface area contributed by atoms with E-state index in [4.69, 9.17) is 0 Å². The van der Waals surface area contributed by atoms with E-state index in [1.807, 2.05) is 0 Å². The highest BCUT2D eigenvalue weighted by atomic mass is 16.1. The normalized spacial score (nSPS) is 30.2. The van der Waals surface area contributed by atoms with Crippen molar-refractivity contribution in [2.75, 3.05) is 7.05 Å². The van der Waals surface area contributed by atoms with Crippen LogP contribution in [0.5, 0.6) is 0 Å². The molecule has 0 aromatic rings. The number of rotatable bonds is 6. The first-order valence-electron chi connectivity index (χ1n) is 7.42. The number of amides is 1. The zero-order valence-electron chi connectivity index (χ0n) is 11.4. The SMILES string of the molecule is CNC(=O)C(CCC1CCCC1)CC1CC1C. The van der Waals surface area contributed by atoms with E-state index in [1.165, 1.54) is 38.5 Å². The molecule has 2 rings (SSSR count). The highest BCUT2D eigenvalue weighted by Crippen LogP contribution is 2.43. The molecule has 98 valence electrons. The van der Waals surface area contributed by atoms with Gasteiger partial charge in [0.15, 0.2) is 0 Å². The number of nitrogens with one attached hydrogen (secondary N) is 1. The molecule has 1 amide bonds. The van der Waals surface area contributed by atoms with Gasteiger partial charge in [-0.2, -0.15) is 0 Å².